The van der Waals surface area contributed by atoms with Crippen molar-refractivity contribution in [3.05, 3.63) is 80.7 Å². The van der Waals surface area contributed by atoms with Gasteiger partial charge in [0.1, 0.15) is 11.5 Å². The Morgan fingerprint density at radius 2 is 1.71 bits per heavy atom. The number of pyridine rings is 1. The summed E-state index contributed by atoms with van der Waals surface area (Å²) < 4.78 is 68.4. The van der Waals surface area contributed by atoms with Gasteiger partial charge in [-0.3, -0.25) is 9.59 Å². The molecule has 176 valence electrons. The van der Waals surface area contributed by atoms with Gasteiger partial charge in [0, 0.05) is 47.9 Å². The molecule has 0 aliphatic carbocycles. The molecule has 5 rings (SSSR count). The number of likely N-dealkylation sites (N-methyl/N-ethyl adjacent to an activating group) is 1. The van der Waals surface area contributed by atoms with Gasteiger partial charge in [-0.2, -0.15) is 0 Å². The first-order valence-corrected chi connectivity index (χ1v) is 10.3. The number of rotatable bonds is 3. The van der Waals surface area contributed by atoms with Crippen LogP contribution < -0.4 is 10.9 Å². The summed E-state index contributed by atoms with van der Waals surface area (Å²) in [6.07, 6.45) is -2.94. The minimum Gasteiger partial charge on any atom is -0.350 e. The second-order valence-electron chi connectivity index (χ2n) is 8.16. The van der Waals surface area contributed by atoms with E-state index in [1.165, 1.54) is 18.0 Å². The maximum atomic E-state index is 14.1. The molecule has 0 unspecified atom stereocenters. The van der Waals surface area contributed by atoms with Gasteiger partial charge in [0.25, 0.3) is 17.9 Å². The molecule has 4 aromatic rings. The summed E-state index contributed by atoms with van der Waals surface area (Å²) >= 11 is 0. The van der Waals surface area contributed by atoms with Crippen LogP contribution in [0.15, 0.2) is 35.1 Å². The number of nitrogens with zero attached hydrogens (tertiary/aromatic N) is 1. The maximum Gasteiger partial charge on any atom is 0.270 e. The highest BCUT2D eigenvalue weighted by atomic mass is 19.3. The van der Waals surface area contributed by atoms with Crippen LogP contribution in [0.4, 0.5) is 22.0 Å². The summed E-state index contributed by atoms with van der Waals surface area (Å²) in [5.74, 6) is -3.78. The van der Waals surface area contributed by atoms with E-state index in [0.717, 1.165) is 24.3 Å². The highest BCUT2D eigenvalue weighted by Gasteiger charge is 2.31. The summed E-state index contributed by atoms with van der Waals surface area (Å²) in [7, 11) is 1.46. The number of aromatic nitrogens is 2. The van der Waals surface area contributed by atoms with E-state index in [-0.39, 0.29) is 40.5 Å². The van der Waals surface area contributed by atoms with Crippen molar-refractivity contribution in [3.8, 4) is 0 Å². The Balaban J connectivity index is 1.61. The van der Waals surface area contributed by atoms with E-state index in [2.05, 4.69) is 15.3 Å². The number of amides is 1. The number of hydrogen-bond acceptors (Lipinski definition) is 3. The number of fused-ring (bicyclic) bond motifs is 4. The van der Waals surface area contributed by atoms with Gasteiger partial charge in [-0.15, -0.1) is 0 Å². The van der Waals surface area contributed by atoms with E-state index in [4.69, 9.17) is 0 Å². The zero-order valence-electron chi connectivity index (χ0n) is 17.6. The quantitative estimate of drug-likeness (QED) is 0.386. The lowest BCUT2D eigenvalue weighted by atomic mass is 9.93. The molecule has 1 atom stereocenters. The minimum atomic E-state index is -2.94. The lowest BCUT2D eigenvalue weighted by Gasteiger charge is -2.34. The highest BCUT2D eigenvalue weighted by Crippen LogP contribution is 2.34. The second-order valence-corrected chi connectivity index (χ2v) is 8.16. The fourth-order valence-electron chi connectivity index (χ4n) is 4.53. The predicted octanol–water partition coefficient (Wildman–Crippen LogP) is 4.28. The fraction of sp³-hybridized carbons (Fsp3) is 0.217. The Bertz CT molecular complexity index is 1530. The Kier molecular flexibility index (Phi) is 5.16. The number of benzene rings is 2. The van der Waals surface area contributed by atoms with Crippen molar-refractivity contribution in [2.75, 3.05) is 13.6 Å². The van der Waals surface area contributed by atoms with Gasteiger partial charge in [0.2, 0.25) is 0 Å². The molecule has 0 bridgehead atoms. The summed E-state index contributed by atoms with van der Waals surface area (Å²) in [4.78, 5) is 32.3. The molecule has 2 aromatic heterocycles. The summed E-state index contributed by atoms with van der Waals surface area (Å²) in [5, 5.41) is 3.19. The third-order valence-corrected chi connectivity index (χ3v) is 6.15. The second kappa shape index (κ2) is 7.94. The van der Waals surface area contributed by atoms with Gasteiger partial charge in [-0.25, -0.2) is 22.0 Å². The zero-order valence-corrected chi connectivity index (χ0v) is 17.6. The van der Waals surface area contributed by atoms with Gasteiger partial charge in [0.05, 0.1) is 11.4 Å². The first-order valence-electron chi connectivity index (χ1n) is 10.3. The summed E-state index contributed by atoms with van der Waals surface area (Å²) in [6.45, 7) is 0.466. The average Bonchev–Trinajstić information content (AvgIpc) is 3.22. The fourth-order valence-corrected chi connectivity index (χ4v) is 4.53. The van der Waals surface area contributed by atoms with E-state index in [1.54, 1.807) is 0 Å². The standard InChI is InChI=1S/C23H17F5N4O2/c1-32(23(34)17-6-10-12(21(27)28)2-9(24)3-16(10)30-17)19-8-29-7-18-20(19)11-4-14(25)15(26)5-13(11)22(33)31-18/h2-6,19,21,29-30H,7-8H2,1H3,(H,31,33)/t19-/m0/s1. The molecule has 3 heterocycles. The molecule has 6 nitrogen and oxygen atoms in total. The SMILES string of the molecule is CN(C(=O)c1cc2c(C(F)F)cc(F)cc2[nH]1)[C@H]1CNCc2[nH]c(=O)c3cc(F)c(F)cc3c21. The number of nitrogens with one attached hydrogen (secondary N) is 3. The zero-order chi connectivity index (χ0) is 24.3. The largest absolute Gasteiger partial charge is 0.350 e. The van der Waals surface area contributed by atoms with Crippen LogP contribution >= 0.6 is 0 Å². The van der Waals surface area contributed by atoms with Gasteiger partial charge in [-0.05, 0) is 35.7 Å². The van der Waals surface area contributed by atoms with E-state index >= 15 is 0 Å². The summed E-state index contributed by atoms with van der Waals surface area (Å²) in [5.41, 5.74) is -0.291. The number of halogens is 5. The first kappa shape index (κ1) is 22.1. The Hall–Kier alpha value is -3.73. The highest BCUT2D eigenvalue weighted by molar-refractivity contribution is 5.99. The van der Waals surface area contributed by atoms with Gasteiger partial charge in [-0.1, -0.05) is 0 Å². The summed E-state index contributed by atoms with van der Waals surface area (Å²) in [6, 6.07) is 3.99. The molecule has 1 aliphatic rings. The molecule has 0 radical (unpaired) electrons. The van der Waals surface area contributed by atoms with Crippen LogP contribution in [0.5, 0.6) is 0 Å². The van der Waals surface area contributed by atoms with E-state index in [9.17, 15) is 31.5 Å². The molecule has 11 heteroatoms. The molecule has 0 saturated carbocycles. The van der Waals surface area contributed by atoms with Crippen molar-refractivity contribution >= 4 is 27.6 Å². The smallest absolute Gasteiger partial charge is 0.270 e. The number of aromatic amines is 2. The van der Waals surface area contributed by atoms with E-state index in [1.807, 2.05) is 0 Å². The molecule has 1 amide bonds. The molecule has 0 fully saturated rings. The minimum absolute atomic E-state index is 0.0163. The van der Waals surface area contributed by atoms with E-state index < -0.39 is 46.9 Å². The average molecular weight is 476 g/mol. The number of H-pyrrole nitrogens is 2. The molecule has 0 spiro atoms. The number of carbonyl (C=O) groups excluding carboxylic acids is 1. The Labute approximate surface area is 188 Å². The van der Waals surface area contributed by atoms with Crippen LogP contribution in [0.25, 0.3) is 21.7 Å². The third-order valence-electron chi connectivity index (χ3n) is 6.15. The number of hydrogen-bond donors (Lipinski definition) is 3. The molecule has 1 aliphatic heterocycles. The number of carbonyl (C=O) groups is 1. The predicted molar refractivity (Wildman–Crippen MR) is 114 cm³/mol. The molecule has 34 heavy (non-hydrogen) atoms. The van der Waals surface area contributed by atoms with Gasteiger partial charge < -0.3 is 20.2 Å². The van der Waals surface area contributed by atoms with Gasteiger partial charge in [0.15, 0.2) is 11.6 Å². The van der Waals surface area contributed by atoms with Gasteiger partial charge >= 0.3 is 0 Å². The topological polar surface area (TPSA) is 81.0 Å². The molecule has 2 aromatic carbocycles. The molecular weight excluding hydrogens is 459 g/mol. The number of alkyl halides is 2. The molecular formula is C23H17F5N4O2. The van der Waals surface area contributed by atoms with Crippen LogP contribution in [0.3, 0.4) is 0 Å². The van der Waals surface area contributed by atoms with Crippen LogP contribution in [0.2, 0.25) is 0 Å². The Morgan fingerprint density at radius 3 is 2.41 bits per heavy atom. The van der Waals surface area contributed by atoms with Crippen LogP contribution in [-0.4, -0.2) is 34.4 Å². The van der Waals surface area contributed by atoms with Crippen molar-refractivity contribution in [1.82, 2.24) is 20.2 Å². The van der Waals surface area contributed by atoms with Crippen LogP contribution in [-0.2, 0) is 6.54 Å². The van der Waals surface area contributed by atoms with Crippen LogP contribution in [0, 0.1) is 17.5 Å². The monoisotopic (exact) mass is 476 g/mol. The Morgan fingerprint density at radius 1 is 1.00 bits per heavy atom. The maximum absolute atomic E-state index is 14.1. The van der Waals surface area contributed by atoms with Crippen molar-refractivity contribution < 1.29 is 26.7 Å². The van der Waals surface area contributed by atoms with Crippen LogP contribution in [0.1, 0.15) is 39.8 Å². The van der Waals surface area contributed by atoms with Crippen molar-refractivity contribution in [2.24, 2.45) is 0 Å². The molecule has 0 saturated heterocycles. The lowest BCUT2D eigenvalue weighted by molar-refractivity contribution is 0.0718. The normalized spacial score (nSPS) is 15.8. The molecule has 3 N–H and O–H groups in total. The van der Waals surface area contributed by atoms with Crippen molar-refractivity contribution in [1.29, 1.82) is 0 Å². The first-order chi connectivity index (χ1) is 16.2. The van der Waals surface area contributed by atoms with Crippen molar-refractivity contribution in [3.63, 3.8) is 0 Å². The van der Waals surface area contributed by atoms with E-state index in [0.29, 0.717) is 11.3 Å². The van der Waals surface area contributed by atoms with Crippen molar-refractivity contribution in [2.45, 2.75) is 19.0 Å². The third kappa shape index (κ3) is 3.43. The lowest BCUT2D eigenvalue weighted by Crippen LogP contribution is -2.42.